The Morgan fingerprint density at radius 1 is 1.61 bits per heavy atom. The summed E-state index contributed by atoms with van der Waals surface area (Å²) in [5.41, 5.74) is 0. The highest BCUT2D eigenvalue weighted by molar-refractivity contribution is 9.10. The maximum atomic E-state index is 9.19. The van der Waals surface area contributed by atoms with Crippen molar-refractivity contribution in [2.24, 2.45) is 0 Å². The van der Waals surface area contributed by atoms with E-state index in [4.69, 9.17) is 9.47 Å². The summed E-state index contributed by atoms with van der Waals surface area (Å²) in [6, 6.07) is 3.98. The van der Waals surface area contributed by atoms with Crippen molar-refractivity contribution in [1.82, 2.24) is 4.98 Å². The van der Waals surface area contributed by atoms with E-state index >= 15 is 0 Å². The van der Waals surface area contributed by atoms with E-state index in [9.17, 15) is 5.11 Å². The van der Waals surface area contributed by atoms with Crippen LogP contribution in [0.1, 0.15) is 6.92 Å². The van der Waals surface area contributed by atoms with Gasteiger partial charge in [-0.05, 0) is 13.0 Å². The van der Waals surface area contributed by atoms with Gasteiger partial charge in [-0.3, -0.25) is 0 Å². The van der Waals surface area contributed by atoms with Gasteiger partial charge in [-0.1, -0.05) is 15.9 Å². The average molecular weight is 317 g/mol. The van der Waals surface area contributed by atoms with Crippen LogP contribution >= 0.6 is 15.9 Å². The fourth-order valence-electron chi connectivity index (χ4n) is 1.96. The molecule has 0 aromatic carbocycles. The number of pyridine rings is 1. The molecule has 100 valence electrons. The summed E-state index contributed by atoms with van der Waals surface area (Å²) in [6.07, 6.45) is -0.159. The normalized spacial score (nSPS) is 24.1. The molecule has 0 spiro atoms. The largest absolute Gasteiger partial charge is 0.481 e. The van der Waals surface area contributed by atoms with Crippen LogP contribution in [0.15, 0.2) is 16.6 Å². The standard InChI is InChI=1S/C12H17BrN2O3/c1-8-7-18-10(6-16)5-15(8)11-3-9(13)4-12(14-11)17-2/h3-4,8,10,16H,5-7H2,1-2H3. The summed E-state index contributed by atoms with van der Waals surface area (Å²) >= 11 is 3.45. The molecule has 2 atom stereocenters. The van der Waals surface area contributed by atoms with Crippen LogP contribution < -0.4 is 9.64 Å². The summed E-state index contributed by atoms with van der Waals surface area (Å²) in [4.78, 5) is 6.55. The summed E-state index contributed by atoms with van der Waals surface area (Å²) in [6.45, 7) is 3.31. The van der Waals surface area contributed by atoms with Gasteiger partial charge in [-0.15, -0.1) is 0 Å². The number of anilines is 1. The Balaban J connectivity index is 2.25. The lowest BCUT2D eigenvalue weighted by molar-refractivity contribution is -0.0106. The highest BCUT2D eigenvalue weighted by Gasteiger charge is 2.27. The number of ether oxygens (including phenoxy) is 2. The molecule has 0 amide bonds. The SMILES string of the molecule is COc1cc(Br)cc(N2CC(CO)OCC2C)n1. The summed E-state index contributed by atoms with van der Waals surface area (Å²) < 4.78 is 11.6. The Labute approximate surface area is 115 Å². The van der Waals surface area contributed by atoms with Crippen molar-refractivity contribution in [2.45, 2.75) is 19.1 Å². The molecular formula is C12H17BrN2O3. The second kappa shape index (κ2) is 5.86. The minimum absolute atomic E-state index is 0.0222. The van der Waals surface area contributed by atoms with E-state index in [2.05, 4.69) is 32.7 Å². The lowest BCUT2D eigenvalue weighted by Gasteiger charge is -2.38. The second-order valence-corrected chi connectivity index (χ2v) is 5.24. The second-order valence-electron chi connectivity index (χ2n) is 4.33. The van der Waals surface area contributed by atoms with Crippen molar-refractivity contribution >= 4 is 21.7 Å². The predicted molar refractivity (Wildman–Crippen MR) is 72.1 cm³/mol. The van der Waals surface area contributed by atoms with Gasteiger partial charge < -0.3 is 19.5 Å². The first-order chi connectivity index (χ1) is 8.63. The van der Waals surface area contributed by atoms with E-state index in [0.717, 1.165) is 10.3 Å². The molecule has 2 heterocycles. The third kappa shape index (κ3) is 2.93. The first-order valence-electron chi connectivity index (χ1n) is 5.84. The number of halogens is 1. The fraction of sp³-hybridized carbons (Fsp3) is 0.583. The van der Waals surface area contributed by atoms with Crippen LogP contribution in [0.2, 0.25) is 0 Å². The van der Waals surface area contributed by atoms with Gasteiger partial charge in [0.25, 0.3) is 0 Å². The monoisotopic (exact) mass is 316 g/mol. The van der Waals surface area contributed by atoms with Gasteiger partial charge in [0.05, 0.1) is 32.5 Å². The number of rotatable bonds is 3. The molecule has 1 aromatic heterocycles. The van der Waals surface area contributed by atoms with Gasteiger partial charge in [-0.25, -0.2) is 0 Å². The molecular weight excluding hydrogens is 300 g/mol. The molecule has 0 saturated carbocycles. The van der Waals surface area contributed by atoms with Crippen LogP contribution in [0.3, 0.4) is 0 Å². The van der Waals surface area contributed by atoms with Crippen molar-refractivity contribution in [3.63, 3.8) is 0 Å². The lowest BCUT2D eigenvalue weighted by atomic mass is 10.2. The highest BCUT2D eigenvalue weighted by atomic mass is 79.9. The summed E-state index contributed by atoms with van der Waals surface area (Å²) in [5.74, 6) is 1.40. The Hall–Kier alpha value is -0.850. The number of hydrogen-bond donors (Lipinski definition) is 1. The smallest absolute Gasteiger partial charge is 0.216 e. The van der Waals surface area contributed by atoms with Crippen molar-refractivity contribution < 1.29 is 14.6 Å². The molecule has 1 aromatic rings. The van der Waals surface area contributed by atoms with Crippen molar-refractivity contribution in [3.8, 4) is 5.88 Å². The molecule has 0 aliphatic carbocycles. The molecule has 1 aliphatic rings. The van der Waals surface area contributed by atoms with Crippen LogP contribution in [0.5, 0.6) is 5.88 Å². The van der Waals surface area contributed by atoms with Gasteiger partial charge in [-0.2, -0.15) is 4.98 Å². The van der Waals surface area contributed by atoms with Gasteiger partial charge in [0.15, 0.2) is 0 Å². The Morgan fingerprint density at radius 3 is 3.06 bits per heavy atom. The predicted octanol–water partition coefficient (Wildman–Crippen LogP) is 1.44. The molecule has 1 saturated heterocycles. The maximum Gasteiger partial charge on any atom is 0.216 e. The van der Waals surface area contributed by atoms with E-state index < -0.39 is 0 Å². The number of hydrogen-bond acceptors (Lipinski definition) is 5. The van der Waals surface area contributed by atoms with Crippen molar-refractivity contribution in [2.75, 3.05) is 31.8 Å². The number of aliphatic hydroxyl groups excluding tert-OH is 1. The molecule has 0 radical (unpaired) electrons. The minimum Gasteiger partial charge on any atom is -0.481 e. The summed E-state index contributed by atoms with van der Waals surface area (Å²) in [5, 5.41) is 9.19. The van der Waals surface area contributed by atoms with Crippen molar-refractivity contribution in [3.05, 3.63) is 16.6 Å². The zero-order valence-corrected chi connectivity index (χ0v) is 12.1. The number of morpholine rings is 1. The first kappa shape index (κ1) is 13.6. The van der Waals surface area contributed by atoms with Gasteiger partial charge in [0.1, 0.15) is 5.82 Å². The molecule has 0 bridgehead atoms. The molecule has 1 N–H and O–H groups in total. The zero-order valence-electron chi connectivity index (χ0n) is 10.5. The van der Waals surface area contributed by atoms with E-state index in [1.165, 1.54) is 0 Å². The molecule has 18 heavy (non-hydrogen) atoms. The van der Waals surface area contributed by atoms with Gasteiger partial charge >= 0.3 is 0 Å². The van der Waals surface area contributed by atoms with Crippen LogP contribution in [0.4, 0.5) is 5.82 Å². The number of aliphatic hydroxyl groups is 1. The Morgan fingerprint density at radius 2 is 2.39 bits per heavy atom. The topological polar surface area (TPSA) is 54.8 Å². The minimum atomic E-state index is -0.159. The Kier molecular flexibility index (Phi) is 4.42. The third-order valence-corrected chi connectivity index (χ3v) is 3.42. The van der Waals surface area contributed by atoms with Crippen LogP contribution in [0.25, 0.3) is 0 Å². The molecule has 2 unspecified atom stereocenters. The fourth-order valence-corrected chi connectivity index (χ4v) is 2.36. The molecule has 5 nitrogen and oxygen atoms in total. The maximum absolute atomic E-state index is 9.19. The van der Waals surface area contributed by atoms with E-state index in [1.54, 1.807) is 7.11 Å². The van der Waals surface area contributed by atoms with E-state index in [-0.39, 0.29) is 18.8 Å². The molecule has 6 heteroatoms. The Bertz CT molecular complexity index is 416. The van der Waals surface area contributed by atoms with Gasteiger partial charge in [0, 0.05) is 17.1 Å². The quantitative estimate of drug-likeness (QED) is 0.914. The number of methoxy groups -OCH3 is 1. The molecule has 1 aliphatic heterocycles. The average Bonchev–Trinajstić information content (AvgIpc) is 2.38. The van der Waals surface area contributed by atoms with E-state index in [1.807, 2.05) is 12.1 Å². The number of aromatic nitrogens is 1. The number of nitrogens with zero attached hydrogens (tertiary/aromatic N) is 2. The zero-order chi connectivity index (χ0) is 13.1. The lowest BCUT2D eigenvalue weighted by Crippen LogP contribution is -2.50. The van der Waals surface area contributed by atoms with Crippen LogP contribution in [-0.4, -0.2) is 49.1 Å². The first-order valence-corrected chi connectivity index (χ1v) is 6.64. The molecule has 1 fully saturated rings. The van der Waals surface area contributed by atoms with E-state index in [0.29, 0.717) is 19.0 Å². The van der Waals surface area contributed by atoms with Crippen LogP contribution in [0, 0.1) is 0 Å². The molecule has 2 rings (SSSR count). The van der Waals surface area contributed by atoms with Gasteiger partial charge in [0.2, 0.25) is 5.88 Å². The van der Waals surface area contributed by atoms with Crippen molar-refractivity contribution in [1.29, 1.82) is 0 Å². The third-order valence-electron chi connectivity index (χ3n) is 2.97. The van der Waals surface area contributed by atoms with Crippen LogP contribution in [-0.2, 0) is 4.74 Å². The highest BCUT2D eigenvalue weighted by Crippen LogP contribution is 2.26. The summed E-state index contributed by atoms with van der Waals surface area (Å²) in [7, 11) is 1.60.